The minimum atomic E-state index is -0.334. The summed E-state index contributed by atoms with van der Waals surface area (Å²) in [5.41, 5.74) is 7.04. The molecule has 74 valence electrons. The fourth-order valence-electron chi connectivity index (χ4n) is 1.53. The van der Waals surface area contributed by atoms with Crippen molar-refractivity contribution in [2.45, 2.75) is 13.0 Å². The van der Waals surface area contributed by atoms with Crippen LogP contribution in [-0.4, -0.2) is 9.94 Å². The Morgan fingerprint density at radius 3 is 2.71 bits per heavy atom. The lowest BCUT2D eigenvalue weighted by molar-refractivity contribution is 0.176. The number of pyridine rings is 1. The molecule has 1 atom stereocenters. The van der Waals surface area contributed by atoms with Crippen molar-refractivity contribution in [3.63, 3.8) is 0 Å². The van der Waals surface area contributed by atoms with E-state index in [-0.39, 0.29) is 11.9 Å². The Labute approximate surface area is 80.9 Å². The van der Waals surface area contributed by atoms with Crippen molar-refractivity contribution in [1.82, 2.24) is 4.73 Å². The molecule has 0 bridgehead atoms. The number of fused-ring (bicyclic) bond motifs is 1. The summed E-state index contributed by atoms with van der Waals surface area (Å²) < 4.78 is 14.0. The van der Waals surface area contributed by atoms with Crippen molar-refractivity contribution in [2.75, 3.05) is 0 Å². The van der Waals surface area contributed by atoms with Crippen LogP contribution >= 0.6 is 0 Å². The number of halogens is 1. The lowest BCUT2D eigenvalue weighted by Crippen LogP contribution is -2.14. The Morgan fingerprint density at radius 1 is 1.36 bits per heavy atom. The number of nitrogens with zero attached hydrogens (tertiary/aromatic N) is 1. The highest BCUT2D eigenvalue weighted by Gasteiger charge is 2.16. The first-order chi connectivity index (χ1) is 6.61. The van der Waals surface area contributed by atoms with Crippen LogP contribution in [0.5, 0.6) is 0 Å². The summed E-state index contributed by atoms with van der Waals surface area (Å²) in [6.45, 7) is 1.76. The van der Waals surface area contributed by atoms with Crippen molar-refractivity contribution in [1.29, 1.82) is 0 Å². The monoisotopic (exact) mass is 194 g/mol. The van der Waals surface area contributed by atoms with Gasteiger partial charge in [-0.1, -0.05) is 0 Å². The Kier molecular flexibility index (Phi) is 1.93. The molecule has 0 radical (unpaired) electrons. The number of aromatic nitrogens is 1. The Morgan fingerprint density at radius 2 is 2.07 bits per heavy atom. The molecule has 1 aliphatic heterocycles. The Hall–Kier alpha value is -1.55. The first-order valence-electron chi connectivity index (χ1n) is 4.36. The Balaban J connectivity index is 2.69. The summed E-state index contributed by atoms with van der Waals surface area (Å²) in [4.78, 5) is 0. The van der Waals surface area contributed by atoms with E-state index in [1.807, 2.05) is 0 Å². The first-order valence-corrected chi connectivity index (χ1v) is 4.36. The molecular weight excluding hydrogens is 183 g/mol. The van der Waals surface area contributed by atoms with Crippen LogP contribution < -0.4 is 5.73 Å². The minimum Gasteiger partial charge on any atom is -0.428 e. The van der Waals surface area contributed by atoms with Gasteiger partial charge < -0.3 is 10.9 Å². The number of nitrogens with two attached hydrogens (primary N) is 1. The molecule has 0 aromatic heterocycles. The van der Waals surface area contributed by atoms with Crippen molar-refractivity contribution < 1.29 is 9.60 Å². The zero-order chi connectivity index (χ0) is 10.3. The number of hydrogen-bond donors (Lipinski definition) is 2. The zero-order valence-corrected chi connectivity index (χ0v) is 7.74. The molecule has 14 heavy (non-hydrogen) atoms. The van der Waals surface area contributed by atoms with E-state index in [1.165, 1.54) is 12.1 Å². The molecule has 0 saturated carbocycles. The lowest BCUT2D eigenvalue weighted by Gasteiger charge is -2.14. The first kappa shape index (κ1) is 9.02. The lowest BCUT2D eigenvalue weighted by atomic mass is 10.1. The largest absolute Gasteiger partial charge is 0.428 e. The van der Waals surface area contributed by atoms with E-state index in [4.69, 9.17) is 5.73 Å². The van der Waals surface area contributed by atoms with Crippen LogP contribution in [0.25, 0.3) is 11.3 Å². The topological polar surface area (TPSA) is 51.2 Å². The molecule has 0 fully saturated rings. The highest BCUT2D eigenvalue weighted by Crippen LogP contribution is 2.28. The summed E-state index contributed by atoms with van der Waals surface area (Å²) in [6, 6.07) is 5.80. The van der Waals surface area contributed by atoms with Crippen LogP contribution in [0.1, 0.15) is 18.7 Å². The van der Waals surface area contributed by atoms with Crippen molar-refractivity contribution in [2.24, 2.45) is 5.73 Å². The smallest absolute Gasteiger partial charge is 0.132 e. The zero-order valence-electron chi connectivity index (χ0n) is 7.74. The van der Waals surface area contributed by atoms with Crippen LogP contribution in [0.2, 0.25) is 0 Å². The average Bonchev–Trinajstić information content (AvgIpc) is 2.49. The molecule has 0 spiro atoms. The Bertz CT molecular complexity index is 436. The fourth-order valence-corrected chi connectivity index (χ4v) is 1.53. The van der Waals surface area contributed by atoms with Crippen LogP contribution in [0.15, 0.2) is 24.3 Å². The molecule has 2 rings (SSSR count). The molecule has 0 aromatic carbocycles. The number of hydrogen-bond acceptors (Lipinski definition) is 2. The molecule has 4 heteroatoms. The SMILES string of the molecule is CC(N)c1ccc2c(F)ccc-2n1O. The van der Waals surface area contributed by atoms with E-state index in [2.05, 4.69) is 0 Å². The summed E-state index contributed by atoms with van der Waals surface area (Å²) in [5.74, 6) is -0.334. The van der Waals surface area contributed by atoms with Crippen molar-refractivity contribution >= 4 is 0 Å². The summed E-state index contributed by atoms with van der Waals surface area (Å²) >= 11 is 0. The predicted molar refractivity (Wildman–Crippen MR) is 50.8 cm³/mol. The van der Waals surface area contributed by atoms with Gasteiger partial charge in [0.05, 0.1) is 11.4 Å². The second kappa shape index (κ2) is 2.99. The van der Waals surface area contributed by atoms with Gasteiger partial charge in [0.1, 0.15) is 5.82 Å². The third-order valence-electron chi connectivity index (χ3n) is 2.28. The average molecular weight is 194 g/mol. The third-order valence-corrected chi connectivity index (χ3v) is 2.28. The van der Waals surface area contributed by atoms with E-state index in [0.29, 0.717) is 17.0 Å². The van der Waals surface area contributed by atoms with Gasteiger partial charge in [0.2, 0.25) is 0 Å². The van der Waals surface area contributed by atoms with Crippen molar-refractivity contribution in [3.05, 3.63) is 35.8 Å². The highest BCUT2D eigenvalue weighted by molar-refractivity contribution is 5.64. The quantitative estimate of drug-likeness (QED) is 0.682. The minimum absolute atomic E-state index is 0.289. The fraction of sp³-hybridized carbons (Fsp3) is 0.200. The molecule has 1 heterocycles. The summed E-state index contributed by atoms with van der Waals surface area (Å²) in [6.07, 6.45) is 0. The molecule has 2 aliphatic rings. The van der Waals surface area contributed by atoms with Crippen LogP contribution in [0.3, 0.4) is 0 Å². The maximum atomic E-state index is 13.1. The summed E-state index contributed by atoms with van der Waals surface area (Å²) in [7, 11) is 0. The predicted octanol–water partition coefficient (Wildman–Crippen LogP) is 1.99. The maximum Gasteiger partial charge on any atom is 0.132 e. The second-order valence-electron chi connectivity index (χ2n) is 3.34. The second-order valence-corrected chi connectivity index (χ2v) is 3.34. The van der Waals surface area contributed by atoms with E-state index in [9.17, 15) is 9.60 Å². The molecule has 3 N–H and O–H groups in total. The molecular formula is C10H11FN2O. The standard InChI is InChI=1S/C10H11FN2O/c1-6(12)9-4-2-7-8(11)3-5-10(7)13(9)14/h2-6,14H,12H2,1H3. The van der Waals surface area contributed by atoms with E-state index in [1.54, 1.807) is 19.1 Å². The van der Waals surface area contributed by atoms with Gasteiger partial charge in [-0.2, -0.15) is 4.73 Å². The molecule has 0 saturated heterocycles. The molecule has 1 aliphatic carbocycles. The van der Waals surface area contributed by atoms with Gasteiger partial charge in [0, 0.05) is 11.6 Å². The molecule has 1 unspecified atom stereocenters. The molecule has 0 amide bonds. The van der Waals surface area contributed by atoms with E-state index < -0.39 is 0 Å². The normalized spacial score (nSPS) is 13.4. The molecule has 3 nitrogen and oxygen atoms in total. The highest BCUT2D eigenvalue weighted by atomic mass is 19.1. The van der Waals surface area contributed by atoms with Gasteiger partial charge in [0.15, 0.2) is 0 Å². The van der Waals surface area contributed by atoms with Gasteiger partial charge in [-0.25, -0.2) is 4.39 Å². The van der Waals surface area contributed by atoms with Gasteiger partial charge in [-0.05, 0) is 31.2 Å². The van der Waals surface area contributed by atoms with Crippen molar-refractivity contribution in [3.8, 4) is 11.3 Å². The third kappa shape index (κ3) is 1.15. The van der Waals surface area contributed by atoms with Crippen LogP contribution in [0.4, 0.5) is 4.39 Å². The van der Waals surface area contributed by atoms with Gasteiger partial charge in [0.25, 0.3) is 0 Å². The summed E-state index contributed by atoms with van der Waals surface area (Å²) in [5, 5.41) is 9.70. The molecule has 0 aromatic rings. The van der Waals surface area contributed by atoms with Gasteiger partial charge >= 0.3 is 0 Å². The van der Waals surface area contributed by atoms with E-state index in [0.717, 1.165) is 4.73 Å². The van der Waals surface area contributed by atoms with Crippen LogP contribution in [0, 0.1) is 5.82 Å². The van der Waals surface area contributed by atoms with Gasteiger partial charge in [-0.15, -0.1) is 0 Å². The van der Waals surface area contributed by atoms with E-state index >= 15 is 0 Å². The van der Waals surface area contributed by atoms with Gasteiger partial charge in [-0.3, -0.25) is 0 Å². The maximum absolute atomic E-state index is 13.1. The number of rotatable bonds is 1. The van der Waals surface area contributed by atoms with Crippen LogP contribution in [-0.2, 0) is 0 Å².